The molecular formula is C18H22ClNO. The summed E-state index contributed by atoms with van der Waals surface area (Å²) in [5, 5.41) is 4.15. The first kappa shape index (κ1) is 15.9. The number of benzene rings is 2. The lowest BCUT2D eigenvalue weighted by atomic mass is 10.1. The van der Waals surface area contributed by atoms with Crippen LogP contribution in [0.2, 0.25) is 5.02 Å². The molecule has 2 aromatic carbocycles. The molecule has 0 radical (unpaired) electrons. The van der Waals surface area contributed by atoms with Crippen LogP contribution in [0.3, 0.4) is 0 Å². The molecule has 0 saturated carbocycles. The number of halogens is 1. The lowest BCUT2D eigenvalue weighted by molar-refractivity contribution is 0.202. The van der Waals surface area contributed by atoms with E-state index in [1.165, 1.54) is 5.56 Å². The predicted octanol–water partition coefficient (Wildman–Crippen LogP) is 4.63. The van der Waals surface area contributed by atoms with Gasteiger partial charge in [0.05, 0.1) is 0 Å². The molecule has 21 heavy (non-hydrogen) atoms. The second kappa shape index (κ2) is 8.06. The molecule has 0 bridgehead atoms. The monoisotopic (exact) mass is 303 g/mol. The van der Waals surface area contributed by atoms with Crippen LogP contribution < -0.4 is 10.1 Å². The zero-order valence-electron chi connectivity index (χ0n) is 12.6. The van der Waals surface area contributed by atoms with Crippen LogP contribution >= 0.6 is 11.6 Å². The smallest absolute Gasteiger partial charge is 0.136 e. The molecule has 1 N–H and O–H groups in total. The number of ether oxygens (including phenoxy) is 1. The predicted molar refractivity (Wildman–Crippen MR) is 89.2 cm³/mol. The van der Waals surface area contributed by atoms with Gasteiger partial charge in [0.15, 0.2) is 0 Å². The van der Waals surface area contributed by atoms with Crippen LogP contribution in [0.4, 0.5) is 0 Å². The minimum atomic E-state index is -0.00275. The summed E-state index contributed by atoms with van der Waals surface area (Å²) in [5.41, 5.74) is 2.29. The van der Waals surface area contributed by atoms with Crippen LogP contribution in [0.5, 0.6) is 5.75 Å². The quantitative estimate of drug-likeness (QED) is 0.805. The lowest BCUT2D eigenvalue weighted by Crippen LogP contribution is -2.24. The van der Waals surface area contributed by atoms with Gasteiger partial charge in [0, 0.05) is 11.6 Å². The van der Waals surface area contributed by atoms with Gasteiger partial charge in [-0.05, 0) is 42.3 Å². The highest BCUT2D eigenvalue weighted by atomic mass is 35.5. The van der Waals surface area contributed by atoms with Gasteiger partial charge in [0.2, 0.25) is 0 Å². The van der Waals surface area contributed by atoms with E-state index >= 15 is 0 Å². The summed E-state index contributed by atoms with van der Waals surface area (Å²) in [5.74, 6) is 0.864. The summed E-state index contributed by atoms with van der Waals surface area (Å²) in [6, 6.07) is 16.2. The molecule has 0 saturated heterocycles. The van der Waals surface area contributed by atoms with Gasteiger partial charge in [-0.3, -0.25) is 0 Å². The van der Waals surface area contributed by atoms with Crippen LogP contribution in [0.1, 0.15) is 31.1 Å². The molecule has 0 heterocycles. The average Bonchev–Trinajstić information content (AvgIpc) is 2.53. The molecule has 2 aromatic rings. The molecule has 0 aliphatic heterocycles. The number of rotatable bonds is 7. The van der Waals surface area contributed by atoms with Crippen LogP contribution in [-0.2, 0) is 6.42 Å². The van der Waals surface area contributed by atoms with Gasteiger partial charge < -0.3 is 10.1 Å². The third-order valence-corrected chi connectivity index (χ3v) is 3.80. The standard InChI is InChI=1S/C18H22ClNO/c1-3-14-12-16(10-11-17(14)19)21-18(13-20-4-2)15-8-6-5-7-9-15/h5-12,18,20H,3-4,13H2,1-2H3. The Labute approximate surface area is 132 Å². The Hall–Kier alpha value is -1.51. The van der Waals surface area contributed by atoms with E-state index in [2.05, 4.69) is 31.3 Å². The number of likely N-dealkylation sites (N-methyl/N-ethyl adjacent to an activating group) is 1. The van der Waals surface area contributed by atoms with Crippen LogP contribution in [0.25, 0.3) is 0 Å². The SMILES string of the molecule is CCNCC(Oc1ccc(Cl)c(CC)c1)c1ccccc1. The van der Waals surface area contributed by atoms with Crippen molar-refractivity contribution >= 4 is 11.6 Å². The zero-order valence-corrected chi connectivity index (χ0v) is 13.4. The van der Waals surface area contributed by atoms with E-state index in [4.69, 9.17) is 16.3 Å². The van der Waals surface area contributed by atoms with Gasteiger partial charge in [0.25, 0.3) is 0 Å². The Morgan fingerprint density at radius 3 is 2.52 bits per heavy atom. The van der Waals surface area contributed by atoms with Crippen molar-refractivity contribution in [2.45, 2.75) is 26.4 Å². The Morgan fingerprint density at radius 2 is 1.86 bits per heavy atom. The van der Waals surface area contributed by atoms with Gasteiger partial charge in [-0.2, -0.15) is 0 Å². The van der Waals surface area contributed by atoms with E-state index in [9.17, 15) is 0 Å². The third kappa shape index (κ3) is 4.48. The van der Waals surface area contributed by atoms with E-state index in [1.54, 1.807) is 0 Å². The Morgan fingerprint density at radius 1 is 1.10 bits per heavy atom. The van der Waals surface area contributed by atoms with Gasteiger partial charge in [-0.25, -0.2) is 0 Å². The van der Waals surface area contributed by atoms with Gasteiger partial charge in [-0.1, -0.05) is 55.8 Å². The fraction of sp³-hybridized carbons (Fsp3) is 0.333. The van der Waals surface area contributed by atoms with E-state index < -0.39 is 0 Å². The highest BCUT2D eigenvalue weighted by molar-refractivity contribution is 6.31. The van der Waals surface area contributed by atoms with E-state index in [1.807, 2.05) is 36.4 Å². The van der Waals surface area contributed by atoms with Crippen molar-refractivity contribution in [3.63, 3.8) is 0 Å². The first-order valence-electron chi connectivity index (χ1n) is 7.45. The second-order valence-corrected chi connectivity index (χ2v) is 5.34. The molecule has 112 valence electrons. The first-order valence-corrected chi connectivity index (χ1v) is 7.83. The summed E-state index contributed by atoms with van der Waals surface area (Å²) < 4.78 is 6.18. The first-order chi connectivity index (χ1) is 10.2. The average molecular weight is 304 g/mol. The maximum absolute atomic E-state index is 6.18. The fourth-order valence-corrected chi connectivity index (χ4v) is 2.48. The van der Waals surface area contributed by atoms with Gasteiger partial charge >= 0.3 is 0 Å². The minimum absolute atomic E-state index is 0.00275. The molecule has 0 fully saturated rings. The summed E-state index contributed by atoms with van der Waals surface area (Å²) in [6.45, 7) is 5.90. The summed E-state index contributed by atoms with van der Waals surface area (Å²) >= 11 is 6.17. The van der Waals surface area contributed by atoms with Crippen molar-refractivity contribution in [3.05, 3.63) is 64.7 Å². The second-order valence-electron chi connectivity index (χ2n) is 4.93. The van der Waals surface area contributed by atoms with Crippen molar-refractivity contribution in [1.29, 1.82) is 0 Å². The summed E-state index contributed by atoms with van der Waals surface area (Å²) in [6.07, 6.45) is 0.899. The molecule has 1 unspecified atom stereocenters. The van der Waals surface area contributed by atoms with Crippen molar-refractivity contribution in [2.75, 3.05) is 13.1 Å². The van der Waals surface area contributed by atoms with Crippen LogP contribution in [0.15, 0.2) is 48.5 Å². The fourth-order valence-electron chi connectivity index (χ4n) is 2.23. The minimum Gasteiger partial charge on any atom is -0.484 e. The number of hydrogen-bond acceptors (Lipinski definition) is 2. The maximum atomic E-state index is 6.18. The van der Waals surface area contributed by atoms with Gasteiger partial charge in [-0.15, -0.1) is 0 Å². The molecular weight excluding hydrogens is 282 g/mol. The maximum Gasteiger partial charge on any atom is 0.136 e. The van der Waals surface area contributed by atoms with E-state index in [0.717, 1.165) is 35.8 Å². The van der Waals surface area contributed by atoms with Crippen molar-refractivity contribution in [1.82, 2.24) is 5.32 Å². The normalized spacial score (nSPS) is 12.1. The van der Waals surface area contributed by atoms with Gasteiger partial charge in [0.1, 0.15) is 11.9 Å². The molecule has 3 heteroatoms. The van der Waals surface area contributed by atoms with Crippen LogP contribution in [0, 0.1) is 0 Å². The molecule has 2 nitrogen and oxygen atoms in total. The largest absolute Gasteiger partial charge is 0.484 e. The summed E-state index contributed by atoms with van der Waals surface area (Å²) in [4.78, 5) is 0. The third-order valence-electron chi connectivity index (χ3n) is 3.43. The van der Waals surface area contributed by atoms with E-state index in [0.29, 0.717) is 0 Å². The number of nitrogens with one attached hydrogen (secondary N) is 1. The highest BCUT2D eigenvalue weighted by Crippen LogP contribution is 2.26. The Bertz CT molecular complexity index is 556. The topological polar surface area (TPSA) is 21.3 Å². The molecule has 0 aromatic heterocycles. The molecule has 1 atom stereocenters. The van der Waals surface area contributed by atoms with E-state index in [-0.39, 0.29) is 6.10 Å². The molecule has 2 rings (SSSR count). The molecule has 0 amide bonds. The Balaban J connectivity index is 2.18. The molecule has 0 aliphatic rings. The lowest BCUT2D eigenvalue weighted by Gasteiger charge is -2.20. The van der Waals surface area contributed by atoms with Crippen LogP contribution in [-0.4, -0.2) is 13.1 Å². The zero-order chi connectivity index (χ0) is 15.1. The van der Waals surface area contributed by atoms with Crippen molar-refractivity contribution < 1.29 is 4.74 Å². The summed E-state index contributed by atoms with van der Waals surface area (Å²) in [7, 11) is 0. The number of aryl methyl sites for hydroxylation is 1. The van der Waals surface area contributed by atoms with Crippen molar-refractivity contribution in [2.24, 2.45) is 0 Å². The molecule has 0 aliphatic carbocycles. The van der Waals surface area contributed by atoms with Crippen molar-refractivity contribution in [3.8, 4) is 5.75 Å². The molecule has 0 spiro atoms. The Kier molecular flexibility index (Phi) is 6.09. The highest BCUT2D eigenvalue weighted by Gasteiger charge is 2.13. The number of hydrogen-bond donors (Lipinski definition) is 1.